The highest BCUT2D eigenvalue weighted by Gasteiger charge is 2.28. The van der Waals surface area contributed by atoms with Crippen molar-refractivity contribution in [2.75, 3.05) is 51.8 Å². The van der Waals surface area contributed by atoms with Gasteiger partial charge >= 0.3 is 6.09 Å². The molecule has 0 bridgehead atoms. The van der Waals surface area contributed by atoms with E-state index in [0.29, 0.717) is 28.5 Å². The number of imidazole rings is 1. The van der Waals surface area contributed by atoms with Crippen LogP contribution in [0.25, 0.3) is 16.9 Å². The molecular weight excluding hydrogens is 542 g/mol. The number of benzene rings is 1. The minimum Gasteiger partial charge on any atom is -0.496 e. The first kappa shape index (κ1) is 29.3. The van der Waals surface area contributed by atoms with Crippen LogP contribution in [0, 0.1) is 5.92 Å². The van der Waals surface area contributed by atoms with E-state index in [1.54, 1.807) is 20.3 Å². The van der Waals surface area contributed by atoms with Crippen molar-refractivity contribution in [3.8, 4) is 22.8 Å². The number of nitrogens with zero attached hydrogens (tertiary/aromatic N) is 4. The second kappa shape index (κ2) is 12.4. The molecule has 41 heavy (non-hydrogen) atoms. The Kier molecular flexibility index (Phi) is 8.85. The summed E-state index contributed by atoms with van der Waals surface area (Å²) in [6.07, 6.45) is 8.18. The molecule has 1 aromatic carbocycles. The van der Waals surface area contributed by atoms with Crippen LogP contribution in [-0.4, -0.2) is 79.0 Å². The summed E-state index contributed by atoms with van der Waals surface area (Å²) in [4.78, 5) is 21.6. The molecule has 2 fully saturated rings. The van der Waals surface area contributed by atoms with Gasteiger partial charge in [0.05, 0.1) is 24.9 Å². The number of amides is 1. The number of carbonyl (C=O) groups is 1. The van der Waals surface area contributed by atoms with Gasteiger partial charge in [0.2, 0.25) is 0 Å². The van der Waals surface area contributed by atoms with E-state index in [1.807, 2.05) is 42.3 Å². The van der Waals surface area contributed by atoms with Crippen LogP contribution < -0.4 is 19.7 Å². The number of hydrogen-bond donors (Lipinski definition) is 1. The van der Waals surface area contributed by atoms with Gasteiger partial charge in [-0.1, -0.05) is 11.6 Å². The number of rotatable bonds is 7. The van der Waals surface area contributed by atoms with Gasteiger partial charge in [-0.15, -0.1) is 0 Å². The van der Waals surface area contributed by atoms with E-state index in [0.717, 1.165) is 68.9 Å². The lowest BCUT2D eigenvalue weighted by molar-refractivity contribution is 0.0183. The number of aromatic nitrogens is 2. The largest absolute Gasteiger partial charge is 0.496 e. The average Bonchev–Trinajstić information content (AvgIpc) is 3.39. The topological polar surface area (TPSA) is 80.6 Å². The van der Waals surface area contributed by atoms with E-state index < -0.39 is 5.60 Å². The maximum Gasteiger partial charge on any atom is 0.410 e. The first-order valence-electron chi connectivity index (χ1n) is 14.5. The minimum atomic E-state index is -0.453. The molecule has 0 spiro atoms. The lowest BCUT2D eigenvalue weighted by Crippen LogP contribution is -2.48. The molecule has 1 N–H and O–H groups in total. The lowest BCUT2D eigenvalue weighted by atomic mass is 9.96. The maximum atomic E-state index is 12.4. The smallest absolute Gasteiger partial charge is 0.410 e. The normalized spacial score (nSPS) is 18.5. The Labute approximate surface area is 247 Å². The van der Waals surface area contributed by atoms with Crippen LogP contribution in [-0.2, 0) is 4.74 Å². The third-order valence-electron chi connectivity index (χ3n) is 7.94. The number of pyridine rings is 1. The second-order valence-corrected chi connectivity index (χ2v) is 12.5. The van der Waals surface area contributed by atoms with Gasteiger partial charge in [0.1, 0.15) is 22.7 Å². The molecule has 1 unspecified atom stereocenters. The van der Waals surface area contributed by atoms with E-state index in [-0.39, 0.29) is 6.09 Å². The summed E-state index contributed by atoms with van der Waals surface area (Å²) in [6, 6.07) is 8.37. The lowest BCUT2D eigenvalue weighted by Gasteiger charge is -2.37. The van der Waals surface area contributed by atoms with Crippen LogP contribution in [0.3, 0.4) is 0 Å². The highest BCUT2D eigenvalue weighted by atomic mass is 35.5. The number of anilines is 1. The van der Waals surface area contributed by atoms with Gasteiger partial charge in [0.15, 0.2) is 0 Å². The van der Waals surface area contributed by atoms with Crippen molar-refractivity contribution in [1.29, 1.82) is 0 Å². The fraction of sp³-hybridized carbons (Fsp3) is 0.548. The van der Waals surface area contributed by atoms with Gasteiger partial charge in [-0.3, -0.25) is 0 Å². The number of piperidine rings is 2. The Bertz CT molecular complexity index is 1360. The molecule has 0 radical (unpaired) electrons. The van der Waals surface area contributed by atoms with Crippen molar-refractivity contribution in [2.24, 2.45) is 5.92 Å². The van der Waals surface area contributed by atoms with E-state index in [9.17, 15) is 4.79 Å². The van der Waals surface area contributed by atoms with Crippen molar-refractivity contribution < 1.29 is 19.0 Å². The highest BCUT2D eigenvalue weighted by Crippen LogP contribution is 2.38. The summed E-state index contributed by atoms with van der Waals surface area (Å²) >= 11 is 6.41. The summed E-state index contributed by atoms with van der Waals surface area (Å²) < 4.78 is 18.5. The van der Waals surface area contributed by atoms with Crippen molar-refractivity contribution in [2.45, 2.75) is 58.1 Å². The highest BCUT2D eigenvalue weighted by molar-refractivity contribution is 6.32. The summed E-state index contributed by atoms with van der Waals surface area (Å²) in [5.41, 5.74) is 3.21. The van der Waals surface area contributed by atoms with Crippen molar-refractivity contribution in [1.82, 2.24) is 19.6 Å². The summed E-state index contributed by atoms with van der Waals surface area (Å²) in [5.74, 6) is 1.81. The Balaban J connectivity index is 1.19. The number of hydrogen-bond acceptors (Lipinski definition) is 7. The van der Waals surface area contributed by atoms with Crippen molar-refractivity contribution in [3.05, 3.63) is 41.7 Å². The number of ether oxygens (including phenoxy) is 3. The van der Waals surface area contributed by atoms with Crippen LogP contribution >= 0.6 is 11.6 Å². The summed E-state index contributed by atoms with van der Waals surface area (Å²) in [6.45, 7) is 10.2. The maximum absolute atomic E-state index is 12.4. The van der Waals surface area contributed by atoms with E-state index in [4.69, 9.17) is 30.8 Å². The molecule has 0 aliphatic carbocycles. The zero-order valence-electron chi connectivity index (χ0n) is 24.8. The van der Waals surface area contributed by atoms with Crippen molar-refractivity contribution in [3.63, 3.8) is 0 Å². The molecule has 2 saturated heterocycles. The van der Waals surface area contributed by atoms with Crippen LogP contribution in [0.4, 0.5) is 10.5 Å². The molecule has 2 aromatic heterocycles. The Hall–Kier alpha value is -3.17. The van der Waals surface area contributed by atoms with Crippen LogP contribution in [0.15, 0.2) is 36.7 Å². The minimum absolute atomic E-state index is 0.194. The van der Waals surface area contributed by atoms with Gasteiger partial charge in [0, 0.05) is 68.0 Å². The van der Waals surface area contributed by atoms with E-state index in [1.165, 1.54) is 12.1 Å². The molecule has 3 aromatic rings. The molecule has 1 amide bonds. The van der Waals surface area contributed by atoms with E-state index >= 15 is 0 Å². The molecule has 10 heteroatoms. The van der Waals surface area contributed by atoms with Gasteiger partial charge in [0.25, 0.3) is 0 Å². The third kappa shape index (κ3) is 7.01. The zero-order valence-corrected chi connectivity index (χ0v) is 25.5. The first-order chi connectivity index (χ1) is 19.6. The molecular formula is C31H42ClN5O4. The van der Waals surface area contributed by atoms with E-state index in [2.05, 4.69) is 28.5 Å². The predicted octanol–water partition coefficient (Wildman–Crippen LogP) is 5.88. The molecule has 1 atom stereocenters. The SMILES string of the molecule is COc1cc(OC)c(-c2cn3ccc(N4CCCC(NCC5CCN(C(=O)OC(C)(C)C)CC5)C4)cc3n2)cc1Cl. The van der Waals surface area contributed by atoms with Gasteiger partial charge in [-0.05, 0) is 71.0 Å². The number of nitrogens with one attached hydrogen (secondary N) is 1. The van der Waals surface area contributed by atoms with Gasteiger partial charge < -0.3 is 33.7 Å². The molecule has 9 nitrogen and oxygen atoms in total. The Morgan fingerprint density at radius 3 is 2.54 bits per heavy atom. The van der Waals surface area contributed by atoms with Crippen molar-refractivity contribution >= 4 is 29.0 Å². The zero-order chi connectivity index (χ0) is 29.1. The predicted molar refractivity (Wildman–Crippen MR) is 163 cm³/mol. The molecule has 2 aliphatic rings. The average molecular weight is 584 g/mol. The number of fused-ring (bicyclic) bond motifs is 1. The molecule has 4 heterocycles. The summed E-state index contributed by atoms with van der Waals surface area (Å²) in [5, 5.41) is 4.34. The molecule has 0 saturated carbocycles. The third-order valence-corrected chi connectivity index (χ3v) is 8.24. The number of halogens is 1. The molecule has 222 valence electrons. The second-order valence-electron chi connectivity index (χ2n) is 12.1. The standard InChI is InChI=1S/C31H42ClN5O4/c1-31(2,3)41-30(38)35-12-8-21(9-13-35)18-33-22-7-6-11-36(19-22)23-10-14-37-20-26(34-29(37)15-23)24-16-25(32)28(40-5)17-27(24)39-4/h10,14-17,20-22,33H,6-9,11-13,18-19H2,1-5H3. The van der Waals surface area contributed by atoms with Gasteiger partial charge in [-0.25, -0.2) is 9.78 Å². The first-order valence-corrected chi connectivity index (χ1v) is 14.9. The molecule has 2 aliphatic heterocycles. The monoisotopic (exact) mass is 583 g/mol. The van der Waals surface area contributed by atoms with Gasteiger partial charge in [-0.2, -0.15) is 0 Å². The van der Waals surface area contributed by atoms with Crippen LogP contribution in [0.2, 0.25) is 5.02 Å². The van der Waals surface area contributed by atoms with Crippen LogP contribution in [0.1, 0.15) is 46.5 Å². The molecule has 5 rings (SSSR count). The Morgan fingerprint density at radius 2 is 1.83 bits per heavy atom. The quantitative estimate of drug-likeness (QED) is 0.372. The Morgan fingerprint density at radius 1 is 1.07 bits per heavy atom. The summed E-state index contributed by atoms with van der Waals surface area (Å²) in [7, 11) is 3.22. The number of methoxy groups -OCH3 is 2. The van der Waals surface area contributed by atoms with Crippen LogP contribution in [0.5, 0.6) is 11.5 Å². The number of likely N-dealkylation sites (tertiary alicyclic amines) is 1. The fourth-order valence-electron chi connectivity index (χ4n) is 5.72. The fourth-order valence-corrected chi connectivity index (χ4v) is 5.96. The number of carbonyl (C=O) groups excluding carboxylic acids is 1.